The Kier molecular flexibility index (Phi) is 8.54. The van der Waals surface area contributed by atoms with Crippen molar-refractivity contribution in [1.82, 2.24) is 0 Å². The van der Waals surface area contributed by atoms with Crippen LogP contribution in [0.2, 0.25) is 0 Å². The van der Waals surface area contributed by atoms with Gasteiger partial charge in [-0.25, -0.2) is 0 Å². The Bertz CT molecular complexity index is 1560. The quantitative estimate of drug-likeness (QED) is 0.181. The van der Waals surface area contributed by atoms with Crippen LogP contribution >= 0.6 is 0 Å². The summed E-state index contributed by atoms with van der Waals surface area (Å²) < 4.78 is 11.9. The molecule has 6 rings (SSSR count). The summed E-state index contributed by atoms with van der Waals surface area (Å²) >= 11 is 0. The third-order valence-corrected chi connectivity index (χ3v) is 6.60. The van der Waals surface area contributed by atoms with Gasteiger partial charge < -0.3 is 25.2 Å². The van der Waals surface area contributed by atoms with Crippen molar-refractivity contribution in [2.45, 2.75) is 19.9 Å². The fourth-order valence-corrected chi connectivity index (χ4v) is 4.77. The van der Waals surface area contributed by atoms with E-state index >= 15 is 0 Å². The summed E-state index contributed by atoms with van der Waals surface area (Å²) in [5.74, 6) is 2.20. The van der Waals surface area contributed by atoms with E-state index in [4.69, 9.17) is 14.9 Å². The maximum absolute atomic E-state index is 6.10. The molecule has 0 bridgehead atoms. The van der Waals surface area contributed by atoms with Gasteiger partial charge in [-0.1, -0.05) is 85.4 Å². The van der Waals surface area contributed by atoms with E-state index in [0.717, 1.165) is 11.4 Å². The van der Waals surface area contributed by atoms with Crippen molar-refractivity contribution in [3.05, 3.63) is 149 Å². The standard InChI is InChI=1S/C34H27N3O2.Pt/c1-24-34(28-19-17-27(18-20-28)26-10-4-3-5-11-26)25(2)37(36-24)29-12-8-13-30(22-29)38-31-14-9-15-32(23-31)39-33-16-6-7-21-35-33;/h3-20,24H,21H2,1-2H3;/q-4;+4. The number of hydrogen-bond donors (Lipinski definition) is 0. The molecule has 2 aliphatic heterocycles. The Morgan fingerprint density at radius 2 is 1.40 bits per heavy atom. The first-order valence-corrected chi connectivity index (χ1v) is 13.0. The molecule has 5 nitrogen and oxygen atoms in total. The number of ether oxygens (including phenoxy) is 2. The molecule has 0 aliphatic carbocycles. The average molecular weight is 705 g/mol. The van der Waals surface area contributed by atoms with Gasteiger partial charge in [-0.05, 0) is 41.0 Å². The van der Waals surface area contributed by atoms with Crippen LogP contribution in [-0.2, 0) is 21.1 Å². The molecular weight excluding hydrogens is 677 g/mol. The number of anilines is 1. The first-order chi connectivity index (χ1) is 19.1. The SMILES string of the molecule is CC1=C(c2ccc(-c3ccccc3)cc2)C(C)[N-]N1c1[c-]c(Oc2[c-]c(OC3=CC=CC[N-]3)ccc2)ccc1.[Pt+4]. The minimum atomic E-state index is 0. The molecule has 4 aromatic rings. The second-order valence-corrected chi connectivity index (χ2v) is 9.30. The Morgan fingerprint density at radius 3 is 2.12 bits per heavy atom. The Labute approximate surface area is 250 Å². The Hall–Kier alpha value is -4.05. The van der Waals surface area contributed by atoms with Gasteiger partial charge in [0.1, 0.15) is 0 Å². The number of nitrogens with zero attached hydrogens (tertiary/aromatic N) is 3. The number of allylic oxidation sites excluding steroid dienone is 3. The van der Waals surface area contributed by atoms with Crippen molar-refractivity contribution >= 4 is 11.3 Å². The first kappa shape index (κ1) is 27.5. The molecule has 0 radical (unpaired) electrons. The second-order valence-electron chi connectivity index (χ2n) is 9.30. The molecule has 2 heterocycles. The molecule has 0 saturated heterocycles. The van der Waals surface area contributed by atoms with Gasteiger partial charge in [-0.15, -0.1) is 43.0 Å². The zero-order valence-corrected chi connectivity index (χ0v) is 24.4. The summed E-state index contributed by atoms with van der Waals surface area (Å²) in [7, 11) is 0. The Morgan fingerprint density at radius 1 is 0.750 bits per heavy atom. The molecule has 0 spiro atoms. The monoisotopic (exact) mass is 704 g/mol. The fourth-order valence-electron chi connectivity index (χ4n) is 4.77. The summed E-state index contributed by atoms with van der Waals surface area (Å²) in [6, 6.07) is 37.0. The van der Waals surface area contributed by atoms with Crippen LogP contribution in [0.5, 0.6) is 17.2 Å². The van der Waals surface area contributed by atoms with Gasteiger partial charge in [-0.2, -0.15) is 12.1 Å². The van der Waals surface area contributed by atoms with E-state index in [2.05, 4.69) is 79.8 Å². The van der Waals surface area contributed by atoms with Gasteiger partial charge in [0.25, 0.3) is 0 Å². The van der Waals surface area contributed by atoms with Crippen molar-refractivity contribution in [2.24, 2.45) is 0 Å². The Balaban J connectivity index is 0.00000323. The number of hydrogen-bond acceptors (Lipinski definition) is 3. The van der Waals surface area contributed by atoms with Crippen LogP contribution < -0.4 is 14.5 Å². The molecule has 0 amide bonds. The van der Waals surface area contributed by atoms with Crippen LogP contribution in [0.1, 0.15) is 19.4 Å². The molecule has 6 heteroatoms. The predicted octanol–water partition coefficient (Wildman–Crippen LogP) is 8.84. The second kappa shape index (κ2) is 12.4. The summed E-state index contributed by atoms with van der Waals surface area (Å²) in [4.78, 5) is 0. The molecule has 0 saturated carbocycles. The van der Waals surface area contributed by atoms with Crippen LogP contribution in [0, 0.1) is 12.1 Å². The molecule has 1 atom stereocenters. The maximum atomic E-state index is 6.10. The fraction of sp³-hybridized carbons (Fsp3) is 0.118. The molecule has 0 N–H and O–H groups in total. The van der Waals surface area contributed by atoms with Crippen molar-refractivity contribution < 1.29 is 30.5 Å². The molecule has 0 fully saturated rings. The summed E-state index contributed by atoms with van der Waals surface area (Å²) in [5.41, 5.74) is 11.6. The van der Waals surface area contributed by atoms with E-state index in [9.17, 15) is 0 Å². The first-order valence-electron chi connectivity index (χ1n) is 13.0. The van der Waals surface area contributed by atoms with Crippen LogP contribution in [-0.4, -0.2) is 12.6 Å². The third-order valence-electron chi connectivity index (χ3n) is 6.60. The molecule has 1 unspecified atom stereocenters. The summed E-state index contributed by atoms with van der Waals surface area (Å²) in [6.45, 7) is 4.83. The van der Waals surface area contributed by atoms with Crippen molar-refractivity contribution in [3.8, 4) is 28.4 Å². The van der Waals surface area contributed by atoms with Crippen LogP contribution in [0.15, 0.2) is 121 Å². The van der Waals surface area contributed by atoms with Crippen molar-refractivity contribution in [3.63, 3.8) is 0 Å². The van der Waals surface area contributed by atoms with E-state index < -0.39 is 0 Å². The van der Waals surface area contributed by atoms with Crippen molar-refractivity contribution in [1.29, 1.82) is 0 Å². The molecule has 2 aliphatic rings. The molecule has 200 valence electrons. The van der Waals surface area contributed by atoms with E-state index in [1.54, 1.807) is 0 Å². The topological polar surface area (TPSA) is 49.9 Å². The maximum Gasteiger partial charge on any atom is 4.00 e. The summed E-state index contributed by atoms with van der Waals surface area (Å²) in [5, 5.41) is 6.27. The normalized spacial score (nSPS) is 16.2. The molecule has 4 aromatic carbocycles. The summed E-state index contributed by atoms with van der Waals surface area (Å²) in [6.07, 6.45) is 5.72. The van der Waals surface area contributed by atoms with Crippen molar-refractivity contribution in [2.75, 3.05) is 11.6 Å². The van der Waals surface area contributed by atoms with Crippen LogP contribution in [0.3, 0.4) is 0 Å². The number of rotatable bonds is 7. The molecule has 0 aromatic heterocycles. The van der Waals surface area contributed by atoms with Crippen LogP contribution in [0.25, 0.3) is 27.4 Å². The van der Waals surface area contributed by atoms with Gasteiger partial charge in [0.15, 0.2) is 0 Å². The predicted molar refractivity (Wildman–Crippen MR) is 156 cm³/mol. The number of benzene rings is 4. The van der Waals surface area contributed by atoms with Gasteiger partial charge >= 0.3 is 21.1 Å². The molecular formula is C34H27N3O2Pt. The van der Waals surface area contributed by atoms with Crippen LogP contribution in [0.4, 0.5) is 5.69 Å². The van der Waals surface area contributed by atoms with Gasteiger partial charge in [0.2, 0.25) is 0 Å². The van der Waals surface area contributed by atoms with E-state index in [1.165, 1.54) is 22.3 Å². The van der Waals surface area contributed by atoms with E-state index in [0.29, 0.717) is 29.7 Å². The minimum Gasteiger partial charge on any atom is -0.650 e. The smallest absolute Gasteiger partial charge is 0.650 e. The van der Waals surface area contributed by atoms with Gasteiger partial charge in [0, 0.05) is 23.1 Å². The van der Waals surface area contributed by atoms with E-state index in [1.807, 2.05) is 65.7 Å². The van der Waals surface area contributed by atoms with Gasteiger partial charge in [0.05, 0.1) is 0 Å². The van der Waals surface area contributed by atoms with E-state index in [-0.39, 0.29) is 27.1 Å². The molecule has 40 heavy (non-hydrogen) atoms. The zero-order chi connectivity index (χ0) is 26.6. The van der Waals surface area contributed by atoms with Gasteiger partial charge in [-0.3, -0.25) is 0 Å². The largest absolute Gasteiger partial charge is 4.00 e. The minimum absolute atomic E-state index is 0. The average Bonchev–Trinajstić information content (AvgIpc) is 3.28. The zero-order valence-electron chi connectivity index (χ0n) is 22.2. The third kappa shape index (κ3) is 6.07.